The number of hydrogen-bond donors (Lipinski definition) is 3. The number of carbonyl (C=O) groups is 1. The Labute approximate surface area is 171 Å². The van der Waals surface area contributed by atoms with Gasteiger partial charge in [-0.1, -0.05) is 6.08 Å². The fourth-order valence-corrected chi connectivity index (χ4v) is 3.85. The summed E-state index contributed by atoms with van der Waals surface area (Å²) in [6.07, 6.45) is -31.0. The molecule has 1 aliphatic carbocycles. The van der Waals surface area contributed by atoms with Crippen LogP contribution >= 0.6 is 0 Å². The highest BCUT2D eigenvalue weighted by Crippen LogP contribution is 2.58. The summed E-state index contributed by atoms with van der Waals surface area (Å²) in [5, 5.41) is 27.9. The molecule has 16 heteroatoms. The molecule has 0 aliphatic heterocycles. The number of aliphatic hydroxyl groups is 2. The Hall–Kier alpha value is -1.71. The summed E-state index contributed by atoms with van der Waals surface area (Å²) in [5.74, 6) is -10.4. The van der Waals surface area contributed by atoms with Gasteiger partial charge in [0.05, 0.1) is 0 Å². The monoisotopic (exact) mass is 500 g/mol. The molecule has 0 bridgehead atoms. The van der Waals surface area contributed by atoms with E-state index in [0.29, 0.717) is 6.08 Å². The summed E-state index contributed by atoms with van der Waals surface area (Å²) < 4.78 is 158. The van der Waals surface area contributed by atoms with Crippen LogP contribution in [0, 0.1) is 17.8 Å². The molecule has 0 amide bonds. The van der Waals surface area contributed by atoms with Crippen molar-refractivity contribution in [3.05, 3.63) is 11.6 Å². The first-order valence-corrected chi connectivity index (χ1v) is 8.54. The quantitative estimate of drug-likeness (QED) is 0.385. The highest BCUT2D eigenvalue weighted by atomic mass is 19.4. The maximum absolute atomic E-state index is 13.2. The molecule has 0 aromatic heterocycles. The van der Waals surface area contributed by atoms with Crippen molar-refractivity contribution in [2.75, 3.05) is 0 Å². The molecule has 3 N–H and O–H groups in total. The van der Waals surface area contributed by atoms with Crippen LogP contribution < -0.4 is 0 Å². The molecule has 1 aliphatic rings. The minimum atomic E-state index is -6.57. The summed E-state index contributed by atoms with van der Waals surface area (Å²) in [4.78, 5) is 10.9. The van der Waals surface area contributed by atoms with Gasteiger partial charge in [0.25, 0.3) is 11.2 Å². The first kappa shape index (κ1) is 28.3. The van der Waals surface area contributed by atoms with E-state index >= 15 is 0 Å². The molecule has 32 heavy (non-hydrogen) atoms. The summed E-state index contributed by atoms with van der Waals surface area (Å²) in [6, 6.07) is 0. The summed E-state index contributed by atoms with van der Waals surface area (Å²) >= 11 is 0. The predicted molar refractivity (Wildman–Crippen MR) is 79.8 cm³/mol. The van der Waals surface area contributed by atoms with Crippen LogP contribution in [0.5, 0.6) is 0 Å². The number of hydrogen-bond acceptors (Lipinski definition) is 3. The van der Waals surface area contributed by atoms with E-state index in [9.17, 15) is 67.7 Å². The second-order valence-electron chi connectivity index (χ2n) is 7.54. The molecule has 2 unspecified atom stereocenters. The van der Waals surface area contributed by atoms with Gasteiger partial charge in [0.1, 0.15) is 0 Å². The number of halogens is 12. The third-order valence-corrected chi connectivity index (χ3v) is 5.48. The number of allylic oxidation sites excluding steroid dienone is 1. The summed E-state index contributed by atoms with van der Waals surface area (Å²) in [5.41, 5.74) is -12.2. The molecule has 4 nitrogen and oxygen atoms in total. The van der Waals surface area contributed by atoms with E-state index in [0.717, 1.165) is 6.92 Å². The van der Waals surface area contributed by atoms with Crippen molar-refractivity contribution in [3.63, 3.8) is 0 Å². The maximum Gasteiger partial charge on any atom is 0.426 e. The van der Waals surface area contributed by atoms with Crippen LogP contribution in [0.15, 0.2) is 11.6 Å². The fraction of sp³-hybridized carbons (Fsp3) is 0.812. The van der Waals surface area contributed by atoms with Gasteiger partial charge in [-0.15, -0.1) is 0 Å². The lowest BCUT2D eigenvalue weighted by molar-refractivity contribution is -0.404. The zero-order chi connectivity index (χ0) is 25.7. The Balaban J connectivity index is 3.75. The average Bonchev–Trinajstić information content (AvgIpc) is 2.55. The second-order valence-corrected chi connectivity index (χ2v) is 7.54. The Bertz CT molecular complexity index is 657. The largest absolute Gasteiger partial charge is 0.478 e. The maximum atomic E-state index is 13.2. The van der Waals surface area contributed by atoms with Crippen molar-refractivity contribution in [1.29, 1.82) is 0 Å². The van der Waals surface area contributed by atoms with Crippen LogP contribution in [0.2, 0.25) is 0 Å². The first-order chi connectivity index (χ1) is 13.9. The van der Waals surface area contributed by atoms with Crippen LogP contribution in [-0.2, 0) is 4.79 Å². The van der Waals surface area contributed by atoms with Gasteiger partial charge in [0, 0.05) is 17.4 Å². The molecule has 0 radical (unpaired) electrons. The zero-order valence-corrected chi connectivity index (χ0v) is 15.7. The molecule has 0 aromatic carbocycles. The van der Waals surface area contributed by atoms with Crippen LogP contribution in [0.3, 0.4) is 0 Å². The normalized spacial score (nSPS) is 25.1. The smallest absolute Gasteiger partial charge is 0.426 e. The molecule has 2 atom stereocenters. The average molecular weight is 500 g/mol. The van der Waals surface area contributed by atoms with Crippen molar-refractivity contribution in [2.45, 2.75) is 62.1 Å². The Morgan fingerprint density at radius 1 is 0.688 bits per heavy atom. The number of aliphatic carboxylic acids is 1. The van der Waals surface area contributed by atoms with Gasteiger partial charge in [-0.05, 0) is 32.1 Å². The lowest BCUT2D eigenvalue weighted by Gasteiger charge is -2.48. The number of carboxylic acid groups (broad SMARTS) is 1. The predicted octanol–water partition coefficient (Wildman–Crippen LogP) is 4.76. The van der Waals surface area contributed by atoms with Gasteiger partial charge >= 0.3 is 30.7 Å². The molecule has 0 heterocycles. The number of rotatable bonds is 4. The lowest BCUT2D eigenvalue weighted by Crippen LogP contribution is -2.66. The second kappa shape index (κ2) is 8.25. The van der Waals surface area contributed by atoms with Gasteiger partial charge in [0.2, 0.25) is 0 Å². The summed E-state index contributed by atoms with van der Waals surface area (Å²) in [7, 11) is 0. The van der Waals surface area contributed by atoms with Crippen molar-refractivity contribution in [3.8, 4) is 0 Å². The van der Waals surface area contributed by atoms with Gasteiger partial charge < -0.3 is 15.3 Å². The van der Waals surface area contributed by atoms with Crippen LogP contribution in [0.4, 0.5) is 52.7 Å². The van der Waals surface area contributed by atoms with Crippen molar-refractivity contribution >= 4 is 5.97 Å². The van der Waals surface area contributed by atoms with Crippen LogP contribution in [0.25, 0.3) is 0 Å². The van der Waals surface area contributed by atoms with E-state index < -0.39 is 84.5 Å². The van der Waals surface area contributed by atoms with Gasteiger partial charge in [-0.25, -0.2) is 4.79 Å². The molecule has 188 valence electrons. The number of carboxylic acids is 1. The summed E-state index contributed by atoms with van der Waals surface area (Å²) in [6.45, 7) is 0.750. The Kier molecular flexibility index (Phi) is 7.31. The SMILES string of the molecule is CC(=CC1CC(C(O)(C(F)(F)F)C(F)(F)F)CC(C(O)(C(F)(F)F)C(F)(F)F)C1)C(=O)O. The minimum absolute atomic E-state index is 0.391. The number of alkyl halides is 12. The van der Waals surface area contributed by atoms with Crippen molar-refractivity contribution < 1.29 is 72.8 Å². The molecular formula is C16H16F12O4. The molecule has 1 saturated carbocycles. The van der Waals surface area contributed by atoms with Crippen LogP contribution in [-0.4, -0.2) is 57.2 Å². The molecule has 0 spiro atoms. The Morgan fingerprint density at radius 2 is 0.969 bits per heavy atom. The van der Waals surface area contributed by atoms with Crippen molar-refractivity contribution in [2.24, 2.45) is 17.8 Å². The first-order valence-electron chi connectivity index (χ1n) is 8.54. The van der Waals surface area contributed by atoms with E-state index in [4.69, 9.17) is 5.11 Å². The highest BCUT2D eigenvalue weighted by molar-refractivity contribution is 5.85. The van der Waals surface area contributed by atoms with Gasteiger partial charge in [-0.2, -0.15) is 52.7 Å². The molecular weight excluding hydrogens is 484 g/mol. The van der Waals surface area contributed by atoms with E-state index in [2.05, 4.69) is 0 Å². The van der Waals surface area contributed by atoms with Crippen LogP contribution in [0.1, 0.15) is 26.2 Å². The molecule has 0 saturated heterocycles. The van der Waals surface area contributed by atoms with E-state index in [1.165, 1.54) is 0 Å². The third-order valence-electron chi connectivity index (χ3n) is 5.48. The van der Waals surface area contributed by atoms with Gasteiger partial charge in [0.15, 0.2) is 0 Å². The lowest BCUT2D eigenvalue weighted by atomic mass is 9.63. The molecule has 1 fully saturated rings. The molecule has 0 aromatic rings. The van der Waals surface area contributed by atoms with Crippen molar-refractivity contribution in [1.82, 2.24) is 0 Å². The topological polar surface area (TPSA) is 77.8 Å². The minimum Gasteiger partial charge on any atom is -0.478 e. The van der Waals surface area contributed by atoms with E-state index in [1.807, 2.05) is 0 Å². The van der Waals surface area contributed by atoms with E-state index in [-0.39, 0.29) is 0 Å². The Morgan fingerprint density at radius 3 is 1.19 bits per heavy atom. The third kappa shape index (κ3) is 4.79. The van der Waals surface area contributed by atoms with E-state index in [1.54, 1.807) is 0 Å². The highest BCUT2D eigenvalue weighted by Gasteiger charge is 2.78. The standard InChI is InChI=1S/C16H16F12O4/c1-6(10(29)30)2-7-3-8(11(31,13(17,18)19)14(20,21)22)5-9(4-7)12(32,15(23,24)25)16(26,27)28/h2,7-9,31-32H,3-5H2,1H3,(H,29,30). The molecule has 1 rings (SSSR count). The fourth-order valence-electron chi connectivity index (χ4n) is 3.85. The van der Waals surface area contributed by atoms with Gasteiger partial charge in [-0.3, -0.25) is 0 Å². The zero-order valence-electron chi connectivity index (χ0n) is 15.7.